The molecule has 0 saturated carbocycles. The molecule has 0 spiro atoms. The highest BCUT2D eigenvalue weighted by Crippen LogP contribution is 1.66. The van der Waals surface area contributed by atoms with Gasteiger partial charge in [0.2, 0.25) is 0 Å². The quantitative estimate of drug-likeness (QED) is 0.548. The molecule has 0 aromatic rings. The molecule has 52 valence electrons. The molecule has 0 unspecified atom stereocenters. The summed E-state index contributed by atoms with van der Waals surface area (Å²) < 4.78 is 0. The van der Waals surface area contributed by atoms with Crippen molar-refractivity contribution in [2.45, 2.75) is 13.3 Å². The summed E-state index contributed by atoms with van der Waals surface area (Å²) in [5.74, 6) is 0. The molecule has 0 bridgehead atoms. The van der Waals surface area contributed by atoms with Crippen LogP contribution in [0.25, 0.3) is 0 Å². The van der Waals surface area contributed by atoms with Crippen LogP contribution < -0.4 is 5.32 Å². The van der Waals surface area contributed by atoms with Crippen LogP contribution in [0.15, 0.2) is 0 Å². The van der Waals surface area contributed by atoms with E-state index in [9.17, 15) is 0 Å². The number of rotatable bonds is 4. The lowest BCUT2D eigenvalue weighted by molar-refractivity contribution is 0.292. The summed E-state index contributed by atoms with van der Waals surface area (Å²) in [6.45, 7) is 4.10. The second-order valence-electron chi connectivity index (χ2n) is 1.47. The number of hydrogen-bond donors (Lipinski definition) is 2. The van der Waals surface area contributed by atoms with Gasteiger partial charge in [-0.2, -0.15) is 0 Å². The summed E-state index contributed by atoms with van der Waals surface area (Å²) >= 11 is 0. The Morgan fingerprint density at radius 1 is 1.38 bits per heavy atom. The van der Waals surface area contributed by atoms with Gasteiger partial charge in [-0.15, -0.1) is 24.0 Å². The van der Waals surface area contributed by atoms with E-state index in [0.717, 1.165) is 19.5 Å². The molecule has 0 aliphatic carbocycles. The van der Waals surface area contributed by atoms with E-state index >= 15 is 0 Å². The zero-order valence-corrected chi connectivity index (χ0v) is 7.51. The largest absolute Gasteiger partial charge is 0.395 e. The highest BCUT2D eigenvalue weighted by atomic mass is 127. The lowest BCUT2D eigenvalue weighted by Crippen LogP contribution is -2.18. The Kier molecular flexibility index (Phi) is 15.2. The maximum atomic E-state index is 8.23. The average molecular weight is 231 g/mol. The van der Waals surface area contributed by atoms with Crippen LogP contribution in [-0.2, 0) is 0 Å². The maximum Gasteiger partial charge on any atom is 0.0555 e. The van der Waals surface area contributed by atoms with Crippen molar-refractivity contribution < 1.29 is 5.11 Å². The molecule has 0 heterocycles. The molecule has 0 saturated heterocycles. The minimum Gasteiger partial charge on any atom is -0.395 e. The Bertz CT molecular complexity index is 31.6. The molecule has 0 fully saturated rings. The van der Waals surface area contributed by atoms with Gasteiger partial charge in [-0.05, 0) is 13.0 Å². The lowest BCUT2D eigenvalue weighted by atomic mass is 10.5. The van der Waals surface area contributed by atoms with Crippen LogP contribution in [0.3, 0.4) is 0 Å². The van der Waals surface area contributed by atoms with Crippen molar-refractivity contribution in [3.05, 3.63) is 0 Å². The minimum absolute atomic E-state index is 0. The van der Waals surface area contributed by atoms with E-state index in [1.54, 1.807) is 0 Å². The van der Waals surface area contributed by atoms with Gasteiger partial charge in [-0.3, -0.25) is 0 Å². The van der Waals surface area contributed by atoms with Gasteiger partial charge in [0.05, 0.1) is 6.61 Å². The van der Waals surface area contributed by atoms with E-state index in [2.05, 4.69) is 12.2 Å². The molecule has 8 heavy (non-hydrogen) atoms. The van der Waals surface area contributed by atoms with Crippen LogP contribution in [-0.4, -0.2) is 24.8 Å². The summed E-state index contributed by atoms with van der Waals surface area (Å²) in [4.78, 5) is 0. The van der Waals surface area contributed by atoms with E-state index in [0.29, 0.717) is 0 Å². The smallest absolute Gasteiger partial charge is 0.0555 e. The SMILES string of the molecule is CCCNCCO.I. The fourth-order valence-corrected chi connectivity index (χ4v) is 0.381. The molecule has 2 nitrogen and oxygen atoms in total. The lowest BCUT2D eigenvalue weighted by Gasteiger charge is -1.95. The van der Waals surface area contributed by atoms with Gasteiger partial charge in [-0.1, -0.05) is 6.92 Å². The average Bonchev–Trinajstić information content (AvgIpc) is 1.69. The molecule has 0 aliphatic heterocycles. The molecule has 0 aliphatic rings. The van der Waals surface area contributed by atoms with Gasteiger partial charge in [0, 0.05) is 6.54 Å². The molecule has 0 atom stereocenters. The third-order valence-corrected chi connectivity index (χ3v) is 0.715. The van der Waals surface area contributed by atoms with E-state index in [4.69, 9.17) is 5.11 Å². The summed E-state index contributed by atoms with van der Waals surface area (Å²) in [5.41, 5.74) is 0. The van der Waals surface area contributed by atoms with Crippen LogP contribution in [0.2, 0.25) is 0 Å². The summed E-state index contributed by atoms with van der Waals surface area (Å²) in [6, 6.07) is 0. The first-order valence-electron chi connectivity index (χ1n) is 2.73. The molecule has 2 N–H and O–H groups in total. The Morgan fingerprint density at radius 3 is 2.38 bits per heavy atom. The van der Waals surface area contributed by atoms with Crippen molar-refractivity contribution in [3.8, 4) is 0 Å². The summed E-state index contributed by atoms with van der Waals surface area (Å²) in [7, 11) is 0. The van der Waals surface area contributed by atoms with Gasteiger partial charge < -0.3 is 10.4 Å². The molecular weight excluding hydrogens is 217 g/mol. The number of hydrogen-bond acceptors (Lipinski definition) is 2. The second kappa shape index (κ2) is 10.6. The van der Waals surface area contributed by atoms with Crippen LogP contribution in [0.4, 0.5) is 0 Å². The zero-order valence-electron chi connectivity index (χ0n) is 5.18. The predicted octanol–water partition coefficient (Wildman–Crippen LogP) is 0.596. The maximum absolute atomic E-state index is 8.23. The van der Waals surface area contributed by atoms with Crippen molar-refractivity contribution in [1.82, 2.24) is 5.32 Å². The Labute approximate surface area is 67.7 Å². The van der Waals surface area contributed by atoms with Crippen molar-refractivity contribution in [2.24, 2.45) is 0 Å². The van der Waals surface area contributed by atoms with E-state index in [-0.39, 0.29) is 30.6 Å². The second-order valence-corrected chi connectivity index (χ2v) is 1.47. The Morgan fingerprint density at radius 2 is 2.00 bits per heavy atom. The molecule has 0 amide bonds. The highest BCUT2D eigenvalue weighted by Gasteiger charge is 1.77. The first-order valence-corrected chi connectivity index (χ1v) is 2.73. The normalized spacial score (nSPS) is 8.25. The van der Waals surface area contributed by atoms with Crippen molar-refractivity contribution in [1.29, 1.82) is 0 Å². The first-order chi connectivity index (χ1) is 3.41. The topological polar surface area (TPSA) is 32.3 Å². The van der Waals surface area contributed by atoms with Gasteiger partial charge in [0.1, 0.15) is 0 Å². The van der Waals surface area contributed by atoms with Crippen LogP contribution in [0.5, 0.6) is 0 Å². The molecule has 0 aromatic heterocycles. The minimum atomic E-state index is 0. The van der Waals surface area contributed by atoms with Gasteiger partial charge in [0.25, 0.3) is 0 Å². The number of aliphatic hydroxyl groups excluding tert-OH is 1. The molecule has 0 aromatic carbocycles. The molecule has 0 radical (unpaired) electrons. The van der Waals surface area contributed by atoms with Crippen molar-refractivity contribution in [3.63, 3.8) is 0 Å². The van der Waals surface area contributed by atoms with Gasteiger partial charge >= 0.3 is 0 Å². The zero-order chi connectivity index (χ0) is 5.54. The van der Waals surface area contributed by atoms with E-state index in [1.807, 2.05) is 0 Å². The Hall–Kier alpha value is 0.650. The number of halogens is 1. The predicted molar refractivity (Wildman–Crippen MR) is 45.7 cm³/mol. The van der Waals surface area contributed by atoms with Crippen LogP contribution in [0, 0.1) is 0 Å². The standard InChI is InChI=1S/C5H13NO.HI/c1-2-3-6-4-5-7;/h6-7H,2-5H2,1H3;1H. The molecule has 0 rings (SSSR count). The monoisotopic (exact) mass is 231 g/mol. The third-order valence-electron chi connectivity index (χ3n) is 0.715. The fraction of sp³-hybridized carbons (Fsp3) is 1.00. The Balaban J connectivity index is 0. The molecular formula is C5H14INO. The van der Waals surface area contributed by atoms with E-state index < -0.39 is 0 Å². The van der Waals surface area contributed by atoms with E-state index in [1.165, 1.54) is 0 Å². The fourth-order valence-electron chi connectivity index (χ4n) is 0.381. The first kappa shape index (κ1) is 11.4. The van der Waals surface area contributed by atoms with Crippen molar-refractivity contribution >= 4 is 24.0 Å². The number of nitrogens with one attached hydrogen (secondary N) is 1. The third kappa shape index (κ3) is 9.82. The van der Waals surface area contributed by atoms with Crippen LogP contribution >= 0.6 is 24.0 Å². The number of aliphatic hydroxyl groups is 1. The van der Waals surface area contributed by atoms with Crippen molar-refractivity contribution in [2.75, 3.05) is 19.7 Å². The van der Waals surface area contributed by atoms with Crippen LogP contribution in [0.1, 0.15) is 13.3 Å². The molecule has 3 heteroatoms. The summed E-state index contributed by atoms with van der Waals surface area (Å²) in [5, 5.41) is 11.3. The summed E-state index contributed by atoms with van der Waals surface area (Å²) in [6.07, 6.45) is 1.14. The highest BCUT2D eigenvalue weighted by molar-refractivity contribution is 14.0. The van der Waals surface area contributed by atoms with Gasteiger partial charge in [0.15, 0.2) is 0 Å². The van der Waals surface area contributed by atoms with Gasteiger partial charge in [-0.25, -0.2) is 0 Å².